The summed E-state index contributed by atoms with van der Waals surface area (Å²) < 4.78 is 14.8. The van der Waals surface area contributed by atoms with E-state index in [0.29, 0.717) is 11.5 Å². The second-order valence-electron chi connectivity index (χ2n) is 3.34. The van der Waals surface area contributed by atoms with Crippen LogP contribution in [0.5, 0.6) is 11.5 Å². The first-order valence-corrected chi connectivity index (χ1v) is 4.97. The SMILES string of the molecule is COC(=O)c1cc(OCC(C)=O)ccc1OC. The van der Waals surface area contributed by atoms with Crippen molar-refractivity contribution < 1.29 is 23.8 Å². The number of rotatable bonds is 5. The Hall–Kier alpha value is -2.04. The Morgan fingerprint density at radius 2 is 1.94 bits per heavy atom. The zero-order valence-electron chi connectivity index (χ0n) is 9.98. The van der Waals surface area contributed by atoms with Crippen molar-refractivity contribution in [3.63, 3.8) is 0 Å². The molecule has 92 valence electrons. The number of hydrogen-bond acceptors (Lipinski definition) is 5. The minimum atomic E-state index is -0.518. The van der Waals surface area contributed by atoms with Gasteiger partial charge in [-0.15, -0.1) is 0 Å². The molecule has 0 atom stereocenters. The molecule has 1 aromatic carbocycles. The van der Waals surface area contributed by atoms with Gasteiger partial charge in [0.05, 0.1) is 14.2 Å². The first kappa shape index (κ1) is 13.0. The smallest absolute Gasteiger partial charge is 0.341 e. The normalized spacial score (nSPS) is 9.59. The summed E-state index contributed by atoms with van der Waals surface area (Å²) in [4.78, 5) is 22.2. The third kappa shape index (κ3) is 3.48. The number of ketones is 1. The number of carbonyl (C=O) groups excluding carboxylic acids is 2. The van der Waals surface area contributed by atoms with E-state index in [0.717, 1.165) is 0 Å². The molecule has 0 saturated carbocycles. The third-order valence-corrected chi connectivity index (χ3v) is 2.02. The Morgan fingerprint density at radius 3 is 2.47 bits per heavy atom. The Kier molecular flexibility index (Phi) is 4.51. The molecular formula is C12H14O5. The van der Waals surface area contributed by atoms with Crippen molar-refractivity contribution in [2.45, 2.75) is 6.92 Å². The van der Waals surface area contributed by atoms with Gasteiger partial charge < -0.3 is 14.2 Å². The number of hydrogen-bond donors (Lipinski definition) is 0. The predicted octanol–water partition coefficient (Wildman–Crippen LogP) is 1.45. The summed E-state index contributed by atoms with van der Waals surface area (Å²) in [7, 11) is 2.74. The second kappa shape index (κ2) is 5.89. The average Bonchev–Trinajstić information content (AvgIpc) is 2.34. The van der Waals surface area contributed by atoms with E-state index in [-0.39, 0.29) is 18.0 Å². The molecule has 1 rings (SSSR count). The average molecular weight is 238 g/mol. The Bertz CT molecular complexity index is 425. The summed E-state index contributed by atoms with van der Waals surface area (Å²) >= 11 is 0. The molecule has 0 aliphatic heterocycles. The van der Waals surface area contributed by atoms with E-state index in [2.05, 4.69) is 4.74 Å². The van der Waals surface area contributed by atoms with Gasteiger partial charge in [-0.05, 0) is 25.1 Å². The molecule has 0 aliphatic carbocycles. The summed E-state index contributed by atoms with van der Waals surface area (Å²) in [5.74, 6) is 0.198. The topological polar surface area (TPSA) is 61.8 Å². The van der Waals surface area contributed by atoms with Gasteiger partial charge in [-0.3, -0.25) is 4.79 Å². The lowest BCUT2D eigenvalue weighted by molar-refractivity contribution is -0.118. The maximum atomic E-state index is 11.5. The molecule has 0 spiro atoms. The summed E-state index contributed by atoms with van der Waals surface area (Å²) in [6.45, 7) is 1.39. The first-order chi connectivity index (χ1) is 8.08. The zero-order valence-corrected chi connectivity index (χ0v) is 9.98. The van der Waals surface area contributed by atoms with Crippen molar-refractivity contribution in [2.24, 2.45) is 0 Å². The van der Waals surface area contributed by atoms with Crippen molar-refractivity contribution in [1.82, 2.24) is 0 Å². The lowest BCUT2D eigenvalue weighted by Crippen LogP contribution is -2.08. The Morgan fingerprint density at radius 1 is 1.24 bits per heavy atom. The van der Waals surface area contributed by atoms with Crippen LogP contribution in [0.3, 0.4) is 0 Å². The molecule has 0 heterocycles. The molecule has 5 nitrogen and oxygen atoms in total. The quantitative estimate of drug-likeness (QED) is 0.726. The van der Waals surface area contributed by atoms with Crippen LogP contribution in [0.15, 0.2) is 18.2 Å². The van der Waals surface area contributed by atoms with Gasteiger partial charge in [0.1, 0.15) is 23.7 Å². The second-order valence-corrected chi connectivity index (χ2v) is 3.34. The van der Waals surface area contributed by atoms with E-state index >= 15 is 0 Å². The van der Waals surface area contributed by atoms with Crippen LogP contribution in [0.1, 0.15) is 17.3 Å². The van der Waals surface area contributed by atoms with Crippen LogP contribution in [0, 0.1) is 0 Å². The summed E-state index contributed by atoms with van der Waals surface area (Å²) in [6, 6.07) is 4.68. The van der Waals surface area contributed by atoms with Gasteiger partial charge in [0.25, 0.3) is 0 Å². The van der Waals surface area contributed by atoms with Crippen molar-refractivity contribution in [1.29, 1.82) is 0 Å². The van der Waals surface area contributed by atoms with Crippen LogP contribution in [-0.2, 0) is 9.53 Å². The van der Waals surface area contributed by atoms with Crippen LogP contribution in [-0.4, -0.2) is 32.6 Å². The van der Waals surface area contributed by atoms with Gasteiger partial charge in [0.15, 0.2) is 5.78 Å². The molecular weight excluding hydrogens is 224 g/mol. The summed E-state index contributed by atoms with van der Waals surface area (Å²) in [6.07, 6.45) is 0. The van der Waals surface area contributed by atoms with Gasteiger partial charge in [-0.25, -0.2) is 4.79 Å². The van der Waals surface area contributed by atoms with E-state index in [1.807, 2.05) is 0 Å². The number of methoxy groups -OCH3 is 2. The fraction of sp³-hybridized carbons (Fsp3) is 0.333. The van der Waals surface area contributed by atoms with Gasteiger partial charge in [-0.1, -0.05) is 0 Å². The molecule has 0 bridgehead atoms. The minimum absolute atomic E-state index is 0.0348. The number of Topliss-reactive ketones (excluding diaryl/α,β-unsaturated/α-hetero) is 1. The molecule has 5 heteroatoms. The molecule has 0 aliphatic rings. The highest BCUT2D eigenvalue weighted by molar-refractivity contribution is 5.93. The Labute approximate surface area is 99.3 Å². The highest BCUT2D eigenvalue weighted by Crippen LogP contribution is 2.24. The number of ether oxygens (including phenoxy) is 3. The van der Waals surface area contributed by atoms with E-state index < -0.39 is 5.97 Å². The summed E-state index contributed by atoms with van der Waals surface area (Å²) in [5.41, 5.74) is 0.260. The van der Waals surface area contributed by atoms with E-state index in [1.54, 1.807) is 12.1 Å². The molecule has 0 N–H and O–H groups in total. The third-order valence-electron chi connectivity index (χ3n) is 2.02. The maximum Gasteiger partial charge on any atom is 0.341 e. The first-order valence-electron chi connectivity index (χ1n) is 4.97. The van der Waals surface area contributed by atoms with Gasteiger partial charge in [0.2, 0.25) is 0 Å². The molecule has 0 amide bonds. The highest BCUT2D eigenvalue weighted by Gasteiger charge is 2.14. The molecule has 0 radical (unpaired) electrons. The molecule has 0 saturated heterocycles. The number of esters is 1. The van der Waals surface area contributed by atoms with E-state index in [4.69, 9.17) is 9.47 Å². The van der Waals surface area contributed by atoms with Crippen LogP contribution in [0.2, 0.25) is 0 Å². The molecule has 0 aromatic heterocycles. The monoisotopic (exact) mass is 238 g/mol. The highest BCUT2D eigenvalue weighted by atomic mass is 16.5. The fourth-order valence-electron chi connectivity index (χ4n) is 1.23. The van der Waals surface area contributed by atoms with Crippen LogP contribution < -0.4 is 9.47 Å². The molecule has 17 heavy (non-hydrogen) atoms. The fourth-order valence-corrected chi connectivity index (χ4v) is 1.23. The van der Waals surface area contributed by atoms with Crippen LogP contribution in [0.25, 0.3) is 0 Å². The minimum Gasteiger partial charge on any atom is -0.496 e. The van der Waals surface area contributed by atoms with Gasteiger partial charge in [-0.2, -0.15) is 0 Å². The predicted molar refractivity (Wildman–Crippen MR) is 60.5 cm³/mol. The molecule has 0 fully saturated rings. The zero-order chi connectivity index (χ0) is 12.8. The van der Waals surface area contributed by atoms with Crippen molar-refractivity contribution in [3.05, 3.63) is 23.8 Å². The number of benzene rings is 1. The van der Waals surface area contributed by atoms with Crippen LogP contribution in [0.4, 0.5) is 0 Å². The van der Waals surface area contributed by atoms with E-state index in [9.17, 15) is 9.59 Å². The standard InChI is InChI=1S/C12H14O5/c1-8(13)7-17-9-4-5-11(15-2)10(6-9)12(14)16-3/h4-6H,7H2,1-3H3. The van der Waals surface area contributed by atoms with Gasteiger partial charge >= 0.3 is 5.97 Å². The number of carbonyl (C=O) groups is 2. The largest absolute Gasteiger partial charge is 0.496 e. The van der Waals surface area contributed by atoms with Crippen molar-refractivity contribution in [3.8, 4) is 11.5 Å². The maximum absolute atomic E-state index is 11.5. The summed E-state index contributed by atoms with van der Waals surface area (Å²) in [5, 5.41) is 0. The lowest BCUT2D eigenvalue weighted by Gasteiger charge is -2.09. The van der Waals surface area contributed by atoms with Crippen molar-refractivity contribution >= 4 is 11.8 Å². The lowest BCUT2D eigenvalue weighted by atomic mass is 10.2. The van der Waals surface area contributed by atoms with Crippen LogP contribution >= 0.6 is 0 Å². The molecule has 0 unspecified atom stereocenters. The Balaban J connectivity index is 2.96. The van der Waals surface area contributed by atoms with E-state index in [1.165, 1.54) is 27.2 Å². The molecule has 1 aromatic rings. The van der Waals surface area contributed by atoms with Gasteiger partial charge in [0, 0.05) is 0 Å². The van der Waals surface area contributed by atoms with Crippen molar-refractivity contribution in [2.75, 3.05) is 20.8 Å².